The van der Waals surface area contributed by atoms with Gasteiger partial charge in [0.1, 0.15) is 5.82 Å². The van der Waals surface area contributed by atoms with E-state index < -0.39 is 15.8 Å². The standard InChI is InChI=1S/C13H16FN3O2S2/c1-9-16-7-11(20-9)8-17-21(18,19)12-3-4-13(14)10(5-12)6-15-2/h3-5,7,15,17H,6,8H2,1-2H3. The summed E-state index contributed by atoms with van der Waals surface area (Å²) >= 11 is 1.43. The summed E-state index contributed by atoms with van der Waals surface area (Å²) in [6.07, 6.45) is 1.64. The van der Waals surface area contributed by atoms with Gasteiger partial charge in [0, 0.05) is 29.7 Å². The number of nitrogens with one attached hydrogen (secondary N) is 2. The van der Waals surface area contributed by atoms with Gasteiger partial charge in [-0.05, 0) is 32.2 Å². The lowest BCUT2D eigenvalue weighted by Gasteiger charge is -2.08. The first-order chi connectivity index (χ1) is 9.92. The van der Waals surface area contributed by atoms with Crippen LogP contribution in [0.1, 0.15) is 15.4 Å². The van der Waals surface area contributed by atoms with Gasteiger partial charge in [0.2, 0.25) is 10.0 Å². The summed E-state index contributed by atoms with van der Waals surface area (Å²) < 4.78 is 40.5. The molecular formula is C13H16FN3O2S2. The second-order valence-electron chi connectivity index (χ2n) is 4.45. The Kier molecular flexibility index (Phi) is 5.04. The average molecular weight is 329 g/mol. The number of rotatable bonds is 6. The Morgan fingerprint density at radius 3 is 2.71 bits per heavy atom. The fraction of sp³-hybridized carbons (Fsp3) is 0.308. The summed E-state index contributed by atoms with van der Waals surface area (Å²) in [5, 5.41) is 3.68. The Morgan fingerprint density at radius 2 is 2.10 bits per heavy atom. The van der Waals surface area contributed by atoms with Crippen LogP contribution in [0.3, 0.4) is 0 Å². The highest BCUT2D eigenvalue weighted by Crippen LogP contribution is 2.17. The van der Waals surface area contributed by atoms with Crippen molar-refractivity contribution in [2.45, 2.75) is 24.9 Å². The van der Waals surface area contributed by atoms with Crippen molar-refractivity contribution in [3.05, 3.63) is 45.7 Å². The van der Waals surface area contributed by atoms with E-state index in [2.05, 4.69) is 15.0 Å². The van der Waals surface area contributed by atoms with Crippen molar-refractivity contribution >= 4 is 21.4 Å². The molecule has 1 aromatic carbocycles. The zero-order valence-electron chi connectivity index (χ0n) is 11.7. The molecule has 0 amide bonds. The monoisotopic (exact) mass is 329 g/mol. The van der Waals surface area contributed by atoms with Gasteiger partial charge in [0.05, 0.1) is 9.90 Å². The zero-order chi connectivity index (χ0) is 15.5. The summed E-state index contributed by atoms with van der Waals surface area (Å²) in [5.74, 6) is -0.429. The number of sulfonamides is 1. The molecule has 8 heteroatoms. The molecule has 0 aliphatic carbocycles. The lowest BCUT2D eigenvalue weighted by Crippen LogP contribution is -2.23. The number of aryl methyl sites for hydroxylation is 1. The number of halogens is 1. The van der Waals surface area contributed by atoms with E-state index in [1.54, 1.807) is 13.2 Å². The van der Waals surface area contributed by atoms with Crippen molar-refractivity contribution in [3.8, 4) is 0 Å². The molecule has 1 heterocycles. The van der Waals surface area contributed by atoms with E-state index in [4.69, 9.17) is 0 Å². The van der Waals surface area contributed by atoms with Gasteiger partial charge in [0.15, 0.2) is 0 Å². The van der Waals surface area contributed by atoms with Gasteiger partial charge in [-0.15, -0.1) is 11.3 Å². The van der Waals surface area contributed by atoms with E-state index in [0.717, 1.165) is 16.0 Å². The second kappa shape index (κ2) is 6.61. The minimum absolute atomic E-state index is 0.0513. The number of benzene rings is 1. The summed E-state index contributed by atoms with van der Waals surface area (Å²) in [6, 6.07) is 3.76. The first kappa shape index (κ1) is 16.0. The van der Waals surface area contributed by atoms with Crippen LogP contribution in [0.2, 0.25) is 0 Å². The van der Waals surface area contributed by atoms with Crippen molar-refractivity contribution in [2.75, 3.05) is 7.05 Å². The summed E-state index contributed by atoms with van der Waals surface area (Å²) in [6.45, 7) is 2.29. The maximum atomic E-state index is 13.5. The molecule has 0 atom stereocenters. The fourth-order valence-electron chi connectivity index (χ4n) is 1.78. The predicted molar refractivity (Wildman–Crippen MR) is 80.0 cm³/mol. The molecule has 0 radical (unpaired) electrons. The lowest BCUT2D eigenvalue weighted by molar-refractivity contribution is 0.578. The fourth-order valence-corrected chi connectivity index (χ4v) is 3.66. The highest BCUT2D eigenvalue weighted by molar-refractivity contribution is 7.89. The maximum Gasteiger partial charge on any atom is 0.240 e. The number of nitrogens with zero attached hydrogens (tertiary/aromatic N) is 1. The van der Waals surface area contributed by atoms with E-state index in [9.17, 15) is 12.8 Å². The second-order valence-corrected chi connectivity index (χ2v) is 7.54. The van der Waals surface area contributed by atoms with Crippen LogP contribution in [-0.4, -0.2) is 20.4 Å². The first-order valence-electron chi connectivity index (χ1n) is 6.26. The molecule has 0 aliphatic heterocycles. The van der Waals surface area contributed by atoms with Crippen LogP contribution in [0.4, 0.5) is 4.39 Å². The lowest BCUT2D eigenvalue weighted by atomic mass is 10.2. The van der Waals surface area contributed by atoms with Gasteiger partial charge in [-0.25, -0.2) is 22.5 Å². The van der Waals surface area contributed by atoms with Gasteiger partial charge in [-0.3, -0.25) is 0 Å². The number of aromatic nitrogens is 1. The summed E-state index contributed by atoms with van der Waals surface area (Å²) in [4.78, 5) is 4.94. The summed E-state index contributed by atoms with van der Waals surface area (Å²) in [7, 11) is -2.00. The average Bonchev–Trinajstić information content (AvgIpc) is 2.85. The quantitative estimate of drug-likeness (QED) is 0.847. The van der Waals surface area contributed by atoms with E-state index in [1.807, 2.05) is 6.92 Å². The molecule has 1 aromatic heterocycles. The summed E-state index contributed by atoms with van der Waals surface area (Å²) in [5.41, 5.74) is 0.314. The highest BCUT2D eigenvalue weighted by atomic mass is 32.2. The van der Waals surface area contributed by atoms with Crippen molar-refractivity contribution in [2.24, 2.45) is 0 Å². The van der Waals surface area contributed by atoms with Gasteiger partial charge < -0.3 is 5.32 Å². The number of hydrogen-bond acceptors (Lipinski definition) is 5. The first-order valence-corrected chi connectivity index (χ1v) is 8.56. The van der Waals surface area contributed by atoms with E-state index in [0.29, 0.717) is 5.56 Å². The molecule has 2 rings (SSSR count). The molecule has 2 aromatic rings. The molecule has 0 fully saturated rings. The van der Waals surface area contributed by atoms with Gasteiger partial charge in [-0.2, -0.15) is 0 Å². The SMILES string of the molecule is CNCc1cc(S(=O)(=O)NCc2cnc(C)s2)ccc1F. The highest BCUT2D eigenvalue weighted by Gasteiger charge is 2.16. The van der Waals surface area contributed by atoms with Crippen LogP contribution in [0.25, 0.3) is 0 Å². The van der Waals surface area contributed by atoms with Crippen molar-refractivity contribution in [3.63, 3.8) is 0 Å². The Bertz CT molecular complexity index is 729. The maximum absolute atomic E-state index is 13.5. The van der Waals surface area contributed by atoms with Crippen LogP contribution < -0.4 is 10.0 Å². The third kappa shape index (κ3) is 4.07. The van der Waals surface area contributed by atoms with Crippen molar-refractivity contribution < 1.29 is 12.8 Å². The molecule has 114 valence electrons. The largest absolute Gasteiger partial charge is 0.316 e. The van der Waals surface area contributed by atoms with Gasteiger partial charge >= 0.3 is 0 Å². The number of thiazole rings is 1. The Morgan fingerprint density at radius 1 is 1.33 bits per heavy atom. The van der Waals surface area contributed by atoms with Crippen molar-refractivity contribution in [1.82, 2.24) is 15.0 Å². The van der Waals surface area contributed by atoms with Crippen LogP contribution in [0, 0.1) is 12.7 Å². The molecule has 0 bridgehead atoms. The van der Waals surface area contributed by atoms with E-state index in [1.165, 1.54) is 23.5 Å². The van der Waals surface area contributed by atoms with E-state index in [-0.39, 0.29) is 18.0 Å². The van der Waals surface area contributed by atoms with Gasteiger partial charge in [0.25, 0.3) is 0 Å². The number of hydrogen-bond donors (Lipinski definition) is 2. The third-order valence-electron chi connectivity index (χ3n) is 2.80. The van der Waals surface area contributed by atoms with Crippen molar-refractivity contribution in [1.29, 1.82) is 0 Å². The van der Waals surface area contributed by atoms with Crippen LogP contribution in [0.5, 0.6) is 0 Å². The Hall–Kier alpha value is -1.35. The topological polar surface area (TPSA) is 71.1 Å². The molecule has 0 aliphatic rings. The molecule has 5 nitrogen and oxygen atoms in total. The molecule has 0 saturated heterocycles. The third-order valence-corrected chi connectivity index (χ3v) is 5.11. The Labute approximate surface area is 127 Å². The molecule has 0 saturated carbocycles. The predicted octanol–water partition coefficient (Wildman–Crippen LogP) is 1.79. The molecule has 0 unspecified atom stereocenters. The van der Waals surface area contributed by atoms with Crippen LogP contribution >= 0.6 is 11.3 Å². The molecule has 21 heavy (non-hydrogen) atoms. The Balaban J connectivity index is 2.17. The molecule has 0 spiro atoms. The van der Waals surface area contributed by atoms with E-state index >= 15 is 0 Å². The molecular weight excluding hydrogens is 313 g/mol. The van der Waals surface area contributed by atoms with Gasteiger partial charge in [-0.1, -0.05) is 0 Å². The molecule has 2 N–H and O–H groups in total. The minimum Gasteiger partial charge on any atom is -0.316 e. The minimum atomic E-state index is -3.67. The normalized spacial score (nSPS) is 11.8. The van der Waals surface area contributed by atoms with Crippen LogP contribution in [0.15, 0.2) is 29.3 Å². The smallest absolute Gasteiger partial charge is 0.240 e. The van der Waals surface area contributed by atoms with Crippen LogP contribution in [-0.2, 0) is 23.1 Å². The zero-order valence-corrected chi connectivity index (χ0v) is 13.3.